The number of ketones is 1. The van der Waals surface area contributed by atoms with Crippen LogP contribution in [0.25, 0.3) is 11.0 Å². The van der Waals surface area contributed by atoms with Crippen molar-refractivity contribution in [2.24, 2.45) is 0 Å². The molecule has 1 aliphatic rings. The highest BCUT2D eigenvalue weighted by atomic mass is 19.1. The van der Waals surface area contributed by atoms with Gasteiger partial charge in [0.05, 0.1) is 18.7 Å². The second-order valence-corrected chi connectivity index (χ2v) is 8.88. The standard InChI is InChI=1S/C26H25FN6O5/c1-38-21-9-8-20(34)22(23(21)27)24(35)13-2-4-14(5-3-13)25(36)29-18-11-28-12-19(18)30-26(37)15-6-7-16-17(10-15)32-33-31-16/h2-10,18-19,25,28-29,34,36H,11-12H2,1H3,(H,30,37)(H,31,32,33)/t18-,19-,25?/m1/s1. The molecule has 3 aromatic carbocycles. The molecule has 12 heteroatoms. The summed E-state index contributed by atoms with van der Waals surface area (Å²) < 4.78 is 19.5. The van der Waals surface area contributed by atoms with Crippen molar-refractivity contribution in [3.8, 4) is 11.5 Å². The highest BCUT2D eigenvalue weighted by Crippen LogP contribution is 2.30. The molecule has 1 aromatic heterocycles. The number of hydrogen-bond donors (Lipinski definition) is 6. The zero-order valence-electron chi connectivity index (χ0n) is 20.2. The smallest absolute Gasteiger partial charge is 0.251 e. The minimum atomic E-state index is -1.10. The zero-order chi connectivity index (χ0) is 26.8. The number of aromatic nitrogens is 3. The average Bonchev–Trinajstić information content (AvgIpc) is 3.57. The first-order valence-electron chi connectivity index (χ1n) is 11.8. The van der Waals surface area contributed by atoms with Gasteiger partial charge in [-0.25, -0.2) is 4.39 Å². The van der Waals surface area contributed by atoms with E-state index in [1.807, 2.05) is 0 Å². The third kappa shape index (κ3) is 4.92. The number of ether oxygens (including phenoxy) is 1. The Morgan fingerprint density at radius 1 is 1.08 bits per heavy atom. The predicted molar refractivity (Wildman–Crippen MR) is 134 cm³/mol. The van der Waals surface area contributed by atoms with E-state index in [0.717, 1.165) is 5.52 Å². The number of phenolic OH excluding ortho intramolecular Hbond substituents is 1. The van der Waals surface area contributed by atoms with E-state index in [2.05, 4.69) is 31.4 Å². The molecule has 4 aromatic rings. The Morgan fingerprint density at radius 2 is 1.82 bits per heavy atom. The number of benzene rings is 3. The van der Waals surface area contributed by atoms with E-state index in [9.17, 15) is 24.2 Å². The maximum absolute atomic E-state index is 14.6. The number of aromatic hydroxyl groups is 1. The molecule has 1 aliphatic heterocycles. The molecular formula is C26H25FN6O5. The van der Waals surface area contributed by atoms with Crippen LogP contribution in [0.1, 0.15) is 38.1 Å². The third-order valence-electron chi connectivity index (χ3n) is 6.51. The van der Waals surface area contributed by atoms with Crippen molar-refractivity contribution < 1.29 is 28.9 Å². The molecule has 38 heavy (non-hydrogen) atoms. The van der Waals surface area contributed by atoms with Gasteiger partial charge in [0, 0.05) is 30.3 Å². The van der Waals surface area contributed by atoms with Gasteiger partial charge in [-0.3, -0.25) is 20.0 Å². The maximum atomic E-state index is 14.6. The number of aromatic amines is 1. The average molecular weight is 521 g/mol. The molecule has 0 spiro atoms. The largest absolute Gasteiger partial charge is 0.507 e. The number of methoxy groups -OCH3 is 1. The third-order valence-corrected chi connectivity index (χ3v) is 6.51. The number of aliphatic hydroxyl groups is 1. The van der Waals surface area contributed by atoms with Gasteiger partial charge in [-0.1, -0.05) is 29.5 Å². The van der Waals surface area contributed by atoms with Crippen molar-refractivity contribution >= 4 is 22.7 Å². The Morgan fingerprint density at radius 3 is 2.58 bits per heavy atom. The van der Waals surface area contributed by atoms with Gasteiger partial charge in [0.2, 0.25) is 0 Å². The molecular weight excluding hydrogens is 495 g/mol. The van der Waals surface area contributed by atoms with Crippen LogP contribution in [0.5, 0.6) is 11.5 Å². The van der Waals surface area contributed by atoms with Crippen molar-refractivity contribution in [2.75, 3.05) is 20.2 Å². The van der Waals surface area contributed by atoms with Crippen molar-refractivity contribution in [1.82, 2.24) is 31.4 Å². The summed E-state index contributed by atoms with van der Waals surface area (Å²) in [5.41, 5.74) is 1.85. The van der Waals surface area contributed by atoms with Crippen LogP contribution >= 0.6 is 0 Å². The number of hydrogen-bond acceptors (Lipinski definition) is 9. The number of carbonyl (C=O) groups is 2. The predicted octanol–water partition coefficient (Wildman–Crippen LogP) is 1.39. The molecule has 11 nitrogen and oxygen atoms in total. The topological polar surface area (TPSA) is 161 Å². The number of carbonyl (C=O) groups excluding carboxylic acids is 2. The van der Waals surface area contributed by atoms with E-state index in [4.69, 9.17) is 4.74 Å². The minimum Gasteiger partial charge on any atom is -0.507 e. The lowest BCUT2D eigenvalue weighted by molar-refractivity contribution is 0.0907. The van der Waals surface area contributed by atoms with Crippen molar-refractivity contribution in [3.63, 3.8) is 0 Å². The first-order chi connectivity index (χ1) is 18.4. The van der Waals surface area contributed by atoms with E-state index in [0.29, 0.717) is 29.7 Å². The molecule has 0 bridgehead atoms. The Kier molecular flexibility index (Phi) is 7.01. The maximum Gasteiger partial charge on any atom is 0.251 e. The summed E-state index contributed by atoms with van der Waals surface area (Å²) in [6, 6.07) is 12.8. The molecule has 1 amide bonds. The SMILES string of the molecule is COc1ccc(O)c(C(=O)c2ccc(C(O)N[C@@H]3CNC[C@H]3NC(=O)c3ccc4[nH]nnc4c3)cc2)c1F. The second-order valence-electron chi connectivity index (χ2n) is 8.88. The minimum absolute atomic E-state index is 0.125. The number of aliphatic hydroxyl groups excluding tert-OH is 1. The zero-order valence-corrected chi connectivity index (χ0v) is 20.2. The Labute approximate surface area is 216 Å². The summed E-state index contributed by atoms with van der Waals surface area (Å²) in [5, 5.41) is 40.5. The summed E-state index contributed by atoms with van der Waals surface area (Å²) in [4.78, 5) is 25.6. The summed E-state index contributed by atoms with van der Waals surface area (Å²) in [6.45, 7) is 1.01. The van der Waals surface area contributed by atoms with Gasteiger partial charge in [0.15, 0.2) is 17.3 Å². The van der Waals surface area contributed by atoms with Crippen LogP contribution in [-0.4, -0.2) is 69.6 Å². The van der Waals surface area contributed by atoms with Crippen LogP contribution in [0.2, 0.25) is 0 Å². The van der Waals surface area contributed by atoms with Gasteiger partial charge < -0.3 is 25.6 Å². The quantitative estimate of drug-likeness (QED) is 0.149. The van der Waals surface area contributed by atoms with Gasteiger partial charge in [0.25, 0.3) is 5.91 Å². The Hall–Kier alpha value is -4.39. The van der Waals surface area contributed by atoms with E-state index in [1.54, 1.807) is 18.2 Å². The lowest BCUT2D eigenvalue weighted by Gasteiger charge is -2.24. The summed E-state index contributed by atoms with van der Waals surface area (Å²) >= 11 is 0. The number of phenols is 1. The highest BCUT2D eigenvalue weighted by Gasteiger charge is 2.30. The molecule has 0 radical (unpaired) electrons. The molecule has 196 valence electrons. The first-order valence-corrected chi connectivity index (χ1v) is 11.8. The second kappa shape index (κ2) is 10.5. The van der Waals surface area contributed by atoms with E-state index >= 15 is 0 Å². The van der Waals surface area contributed by atoms with Gasteiger partial charge in [-0.05, 0) is 35.9 Å². The molecule has 3 atom stereocenters. The van der Waals surface area contributed by atoms with Crippen LogP contribution < -0.4 is 20.7 Å². The fourth-order valence-corrected chi connectivity index (χ4v) is 4.42. The molecule has 0 aliphatic carbocycles. The molecule has 2 heterocycles. The lowest BCUT2D eigenvalue weighted by atomic mass is 9.99. The van der Waals surface area contributed by atoms with Crippen LogP contribution in [0.3, 0.4) is 0 Å². The van der Waals surface area contributed by atoms with E-state index < -0.39 is 29.1 Å². The van der Waals surface area contributed by atoms with E-state index in [1.165, 1.54) is 43.5 Å². The Bertz CT molecular complexity index is 1490. The van der Waals surface area contributed by atoms with Gasteiger partial charge >= 0.3 is 0 Å². The fraction of sp³-hybridized carbons (Fsp3) is 0.231. The lowest BCUT2D eigenvalue weighted by Crippen LogP contribution is -2.50. The molecule has 0 saturated carbocycles. The molecule has 1 fully saturated rings. The summed E-state index contributed by atoms with van der Waals surface area (Å²) in [6.07, 6.45) is -1.10. The molecule has 6 N–H and O–H groups in total. The number of amides is 1. The van der Waals surface area contributed by atoms with E-state index in [-0.39, 0.29) is 29.3 Å². The first kappa shape index (κ1) is 25.3. The Balaban J connectivity index is 1.24. The normalized spacial score (nSPS) is 17.9. The number of fused-ring (bicyclic) bond motifs is 1. The summed E-state index contributed by atoms with van der Waals surface area (Å²) in [7, 11) is 1.26. The van der Waals surface area contributed by atoms with Crippen molar-refractivity contribution in [3.05, 3.63) is 82.7 Å². The van der Waals surface area contributed by atoms with Crippen LogP contribution in [-0.2, 0) is 0 Å². The number of halogens is 1. The fourth-order valence-electron chi connectivity index (χ4n) is 4.42. The van der Waals surface area contributed by atoms with Gasteiger partial charge in [0.1, 0.15) is 23.1 Å². The summed E-state index contributed by atoms with van der Waals surface area (Å²) in [5.74, 6) is -2.61. The van der Waals surface area contributed by atoms with Gasteiger partial charge in [-0.15, -0.1) is 5.10 Å². The number of rotatable bonds is 8. The van der Waals surface area contributed by atoms with Crippen LogP contribution in [0.4, 0.5) is 4.39 Å². The van der Waals surface area contributed by atoms with Crippen LogP contribution in [0, 0.1) is 5.82 Å². The molecule has 1 saturated heterocycles. The molecule has 1 unspecified atom stereocenters. The molecule has 5 rings (SSSR count). The van der Waals surface area contributed by atoms with Crippen molar-refractivity contribution in [1.29, 1.82) is 0 Å². The van der Waals surface area contributed by atoms with Crippen molar-refractivity contribution in [2.45, 2.75) is 18.3 Å². The van der Waals surface area contributed by atoms with Crippen LogP contribution in [0.15, 0.2) is 54.6 Å². The number of H-pyrrole nitrogens is 1. The number of nitrogens with one attached hydrogen (secondary N) is 4. The van der Waals surface area contributed by atoms with Gasteiger partial charge in [-0.2, -0.15) is 0 Å². The number of nitrogens with zero attached hydrogens (tertiary/aromatic N) is 2. The monoisotopic (exact) mass is 520 g/mol. The highest BCUT2D eigenvalue weighted by molar-refractivity contribution is 6.11.